The summed E-state index contributed by atoms with van der Waals surface area (Å²) in [6.45, 7) is 3.17. The lowest BCUT2D eigenvalue weighted by Crippen LogP contribution is -2.31. The number of carboxylic acids is 1. The van der Waals surface area contributed by atoms with Crippen LogP contribution in [-0.2, 0) is 4.79 Å². The molecule has 0 aliphatic rings. The van der Waals surface area contributed by atoms with Gasteiger partial charge in [0.1, 0.15) is 0 Å². The van der Waals surface area contributed by atoms with Crippen LogP contribution in [0.3, 0.4) is 0 Å². The zero-order chi connectivity index (χ0) is 15.1. The third-order valence-corrected chi connectivity index (χ3v) is 3.12. The number of aromatic carboxylic acids is 1. The van der Waals surface area contributed by atoms with Crippen molar-refractivity contribution in [1.82, 2.24) is 4.90 Å². The molecule has 0 saturated carbocycles. The number of amides is 1. The van der Waals surface area contributed by atoms with Crippen LogP contribution in [0, 0.1) is 0 Å². The van der Waals surface area contributed by atoms with E-state index in [0.29, 0.717) is 10.7 Å². The zero-order valence-electron chi connectivity index (χ0n) is 11.6. The van der Waals surface area contributed by atoms with Gasteiger partial charge in [0, 0.05) is 0 Å². The number of halogens is 1. The molecule has 0 spiro atoms. The first-order chi connectivity index (χ1) is 9.43. The molecular formula is C14H19ClN2O3. The summed E-state index contributed by atoms with van der Waals surface area (Å²) < 4.78 is 0. The molecule has 0 heterocycles. The molecular weight excluding hydrogens is 280 g/mol. The fourth-order valence-corrected chi connectivity index (χ4v) is 1.86. The Morgan fingerprint density at radius 2 is 2.10 bits per heavy atom. The molecule has 0 radical (unpaired) electrons. The van der Waals surface area contributed by atoms with Gasteiger partial charge in [-0.2, -0.15) is 0 Å². The maximum Gasteiger partial charge on any atom is 0.335 e. The Bertz CT molecular complexity index is 491. The van der Waals surface area contributed by atoms with Crippen LogP contribution in [-0.4, -0.2) is 42.0 Å². The molecule has 1 rings (SSSR count). The maximum absolute atomic E-state index is 11.9. The molecule has 110 valence electrons. The van der Waals surface area contributed by atoms with Gasteiger partial charge in [0.2, 0.25) is 5.91 Å². The molecule has 20 heavy (non-hydrogen) atoms. The summed E-state index contributed by atoms with van der Waals surface area (Å²) in [5.41, 5.74) is 0.407. The minimum atomic E-state index is -1.06. The van der Waals surface area contributed by atoms with E-state index in [4.69, 9.17) is 16.7 Å². The fraction of sp³-hybridized carbons (Fsp3) is 0.429. The number of hydrogen-bond acceptors (Lipinski definition) is 3. The zero-order valence-corrected chi connectivity index (χ0v) is 12.4. The molecule has 5 nitrogen and oxygen atoms in total. The number of carbonyl (C=O) groups excluding carboxylic acids is 1. The van der Waals surface area contributed by atoms with Crippen LogP contribution in [0.4, 0.5) is 5.69 Å². The van der Waals surface area contributed by atoms with E-state index < -0.39 is 5.97 Å². The second-order valence-corrected chi connectivity index (χ2v) is 5.05. The van der Waals surface area contributed by atoms with Gasteiger partial charge in [-0.25, -0.2) is 4.79 Å². The number of rotatable bonds is 7. The summed E-state index contributed by atoms with van der Waals surface area (Å²) in [4.78, 5) is 24.7. The number of nitrogens with one attached hydrogen (secondary N) is 1. The largest absolute Gasteiger partial charge is 0.478 e. The molecule has 0 atom stereocenters. The molecule has 0 fully saturated rings. The topological polar surface area (TPSA) is 69.6 Å². The van der Waals surface area contributed by atoms with Crippen molar-refractivity contribution in [3.05, 3.63) is 28.8 Å². The lowest BCUT2D eigenvalue weighted by molar-refractivity contribution is -0.117. The van der Waals surface area contributed by atoms with Gasteiger partial charge in [-0.05, 0) is 38.2 Å². The monoisotopic (exact) mass is 298 g/mol. The predicted octanol–water partition coefficient (Wildman–Crippen LogP) is 2.71. The number of anilines is 1. The van der Waals surface area contributed by atoms with E-state index in [1.807, 2.05) is 11.9 Å². The molecule has 6 heteroatoms. The Labute approximate surface area is 123 Å². The summed E-state index contributed by atoms with van der Waals surface area (Å²) in [7, 11) is 1.87. The van der Waals surface area contributed by atoms with Crippen LogP contribution in [0.2, 0.25) is 5.02 Å². The van der Waals surface area contributed by atoms with Crippen molar-refractivity contribution < 1.29 is 14.7 Å². The van der Waals surface area contributed by atoms with Gasteiger partial charge in [0.15, 0.2) is 0 Å². The number of benzene rings is 1. The SMILES string of the molecule is CCCCN(C)CC(=O)Nc1cc(C(=O)O)ccc1Cl. The summed E-state index contributed by atoms with van der Waals surface area (Å²) >= 11 is 5.94. The van der Waals surface area contributed by atoms with Gasteiger partial charge in [-0.3, -0.25) is 9.69 Å². The molecule has 0 aliphatic carbocycles. The van der Waals surface area contributed by atoms with E-state index in [-0.39, 0.29) is 18.0 Å². The van der Waals surface area contributed by atoms with Crippen LogP contribution in [0.1, 0.15) is 30.1 Å². The summed E-state index contributed by atoms with van der Waals surface area (Å²) in [5.74, 6) is -1.27. The number of nitrogens with zero attached hydrogens (tertiary/aromatic N) is 1. The standard InChI is InChI=1S/C14H19ClN2O3/c1-3-4-7-17(2)9-13(18)16-12-8-10(14(19)20)5-6-11(12)15/h5-6,8H,3-4,7,9H2,1-2H3,(H,16,18)(H,19,20). The van der Waals surface area contributed by atoms with E-state index in [1.165, 1.54) is 18.2 Å². The smallest absolute Gasteiger partial charge is 0.335 e. The maximum atomic E-state index is 11.9. The first-order valence-electron chi connectivity index (χ1n) is 6.45. The van der Waals surface area contributed by atoms with Crippen molar-refractivity contribution in [3.63, 3.8) is 0 Å². The first kappa shape index (κ1) is 16.5. The van der Waals surface area contributed by atoms with Crippen LogP contribution in [0.15, 0.2) is 18.2 Å². The molecule has 1 aromatic rings. The number of carboxylic acid groups (broad SMARTS) is 1. The third kappa shape index (κ3) is 5.19. The summed E-state index contributed by atoms with van der Waals surface area (Å²) in [6.07, 6.45) is 2.09. The lowest BCUT2D eigenvalue weighted by atomic mass is 10.2. The number of carbonyl (C=O) groups is 2. The highest BCUT2D eigenvalue weighted by atomic mass is 35.5. The third-order valence-electron chi connectivity index (χ3n) is 2.79. The Balaban J connectivity index is 2.65. The van der Waals surface area contributed by atoms with Crippen molar-refractivity contribution in [3.8, 4) is 0 Å². The molecule has 0 saturated heterocycles. The average molecular weight is 299 g/mol. The van der Waals surface area contributed by atoms with E-state index in [2.05, 4.69) is 12.2 Å². The van der Waals surface area contributed by atoms with Gasteiger partial charge in [-0.1, -0.05) is 24.9 Å². The van der Waals surface area contributed by atoms with E-state index >= 15 is 0 Å². The molecule has 1 amide bonds. The average Bonchev–Trinajstić information content (AvgIpc) is 2.38. The minimum Gasteiger partial charge on any atom is -0.478 e. The quantitative estimate of drug-likeness (QED) is 0.812. The van der Waals surface area contributed by atoms with Crippen molar-refractivity contribution in [2.75, 3.05) is 25.5 Å². The molecule has 0 bridgehead atoms. The fourth-order valence-electron chi connectivity index (χ4n) is 1.70. The first-order valence-corrected chi connectivity index (χ1v) is 6.83. The van der Waals surface area contributed by atoms with Gasteiger partial charge in [0.05, 0.1) is 22.8 Å². The molecule has 0 unspecified atom stereocenters. The summed E-state index contributed by atoms with van der Waals surface area (Å²) in [5, 5.41) is 11.9. The second kappa shape index (κ2) is 7.87. The number of unbranched alkanes of at least 4 members (excludes halogenated alkanes) is 1. The van der Waals surface area contributed by atoms with Gasteiger partial charge < -0.3 is 10.4 Å². The van der Waals surface area contributed by atoms with E-state index in [0.717, 1.165) is 19.4 Å². The minimum absolute atomic E-state index is 0.0871. The number of likely N-dealkylation sites (N-methyl/N-ethyl adjacent to an activating group) is 1. The summed E-state index contributed by atoms with van der Waals surface area (Å²) in [6, 6.07) is 4.21. The molecule has 1 aromatic carbocycles. The van der Waals surface area contributed by atoms with Crippen molar-refractivity contribution in [1.29, 1.82) is 0 Å². The Kier molecular flexibility index (Phi) is 6.48. The Morgan fingerprint density at radius 1 is 1.40 bits per heavy atom. The molecule has 0 aliphatic heterocycles. The van der Waals surface area contributed by atoms with Crippen LogP contribution < -0.4 is 5.32 Å². The van der Waals surface area contributed by atoms with Crippen LogP contribution in [0.5, 0.6) is 0 Å². The van der Waals surface area contributed by atoms with Crippen molar-refractivity contribution in [2.24, 2.45) is 0 Å². The number of hydrogen-bond donors (Lipinski definition) is 2. The highest BCUT2D eigenvalue weighted by Gasteiger charge is 2.11. The Hall–Kier alpha value is -1.59. The Morgan fingerprint density at radius 3 is 2.70 bits per heavy atom. The second-order valence-electron chi connectivity index (χ2n) is 4.64. The van der Waals surface area contributed by atoms with Gasteiger partial charge in [0.25, 0.3) is 0 Å². The molecule has 0 aromatic heterocycles. The van der Waals surface area contributed by atoms with E-state index in [9.17, 15) is 9.59 Å². The highest BCUT2D eigenvalue weighted by Crippen LogP contribution is 2.23. The predicted molar refractivity (Wildman–Crippen MR) is 79.4 cm³/mol. The highest BCUT2D eigenvalue weighted by molar-refractivity contribution is 6.33. The van der Waals surface area contributed by atoms with Gasteiger partial charge >= 0.3 is 5.97 Å². The lowest BCUT2D eigenvalue weighted by Gasteiger charge is -2.16. The van der Waals surface area contributed by atoms with Crippen LogP contribution in [0.25, 0.3) is 0 Å². The van der Waals surface area contributed by atoms with Gasteiger partial charge in [-0.15, -0.1) is 0 Å². The normalized spacial score (nSPS) is 10.6. The molecule has 2 N–H and O–H groups in total. The van der Waals surface area contributed by atoms with Crippen molar-refractivity contribution >= 4 is 29.2 Å². The van der Waals surface area contributed by atoms with Crippen molar-refractivity contribution in [2.45, 2.75) is 19.8 Å². The van der Waals surface area contributed by atoms with E-state index in [1.54, 1.807) is 0 Å². The van der Waals surface area contributed by atoms with Crippen LogP contribution >= 0.6 is 11.6 Å².